The summed E-state index contributed by atoms with van der Waals surface area (Å²) in [7, 11) is 0. The fraction of sp³-hybridized carbons (Fsp3) is 1.00. The van der Waals surface area contributed by atoms with Gasteiger partial charge >= 0.3 is 0 Å². The van der Waals surface area contributed by atoms with E-state index in [-0.39, 0.29) is 5.41 Å². The van der Waals surface area contributed by atoms with Crippen molar-refractivity contribution in [2.75, 3.05) is 32.8 Å². The van der Waals surface area contributed by atoms with Gasteiger partial charge in [-0.3, -0.25) is 0 Å². The number of hydrogen-bond acceptors (Lipinski definition) is 3. The number of nitrogens with zero attached hydrogens (tertiary/aromatic N) is 1. The van der Waals surface area contributed by atoms with Crippen molar-refractivity contribution in [1.29, 1.82) is 0 Å². The molecule has 0 aromatic rings. The van der Waals surface area contributed by atoms with Gasteiger partial charge < -0.3 is 15.3 Å². The minimum atomic E-state index is 0.243. The van der Waals surface area contributed by atoms with Crippen LogP contribution < -0.4 is 5.32 Å². The summed E-state index contributed by atoms with van der Waals surface area (Å²) in [5.74, 6) is 0.790. The van der Waals surface area contributed by atoms with E-state index in [9.17, 15) is 5.11 Å². The second-order valence-corrected chi connectivity index (χ2v) is 6.12. The maximum atomic E-state index is 9.31. The summed E-state index contributed by atoms with van der Waals surface area (Å²) in [6.45, 7) is 9.65. The van der Waals surface area contributed by atoms with Gasteiger partial charge in [-0.15, -0.1) is 0 Å². The number of piperidine rings is 1. The highest BCUT2D eigenvalue weighted by Gasteiger charge is 2.42. The number of hydrogen-bond donors (Lipinski definition) is 2. The summed E-state index contributed by atoms with van der Waals surface area (Å²) < 4.78 is 0. The maximum absolute atomic E-state index is 9.31. The lowest BCUT2D eigenvalue weighted by molar-refractivity contribution is 0.148. The standard InChI is InChI=1S/C14H28N2O/c1-3-16-8-4-5-13(9-16)12(2)15-10-14(11-17)6-7-14/h12-13,15,17H,3-11H2,1-2H3. The number of likely N-dealkylation sites (tertiary alicyclic amines) is 1. The molecule has 1 saturated carbocycles. The van der Waals surface area contributed by atoms with Crippen molar-refractivity contribution in [3.8, 4) is 0 Å². The Kier molecular flexibility index (Phi) is 4.45. The molecule has 1 aliphatic heterocycles. The molecule has 2 aliphatic rings. The quantitative estimate of drug-likeness (QED) is 0.738. The average molecular weight is 240 g/mol. The summed E-state index contributed by atoms with van der Waals surface area (Å²) >= 11 is 0. The summed E-state index contributed by atoms with van der Waals surface area (Å²) in [6, 6.07) is 0.591. The molecule has 0 amide bonds. The third kappa shape index (κ3) is 3.43. The van der Waals surface area contributed by atoms with E-state index in [1.165, 1.54) is 45.3 Å². The molecule has 0 aromatic carbocycles. The lowest BCUT2D eigenvalue weighted by Crippen LogP contribution is -2.45. The largest absolute Gasteiger partial charge is 0.396 e. The topological polar surface area (TPSA) is 35.5 Å². The van der Waals surface area contributed by atoms with Gasteiger partial charge in [0.1, 0.15) is 0 Å². The second-order valence-electron chi connectivity index (χ2n) is 6.12. The summed E-state index contributed by atoms with van der Waals surface area (Å²) in [5, 5.41) is 13.0. The molecule has 0 radical (unpaired) electrons. The average Bonchev–Trinajstić information content (AvgIpc) is 3.17. The van der Waals surface area contributed by atoms with Crippen molar-refractivity contribution in [3.05, 3.63) is 0 Å². The molecule has 2 N–H and O–H groups in total. The van der Waals surface area contributed by atoms with E-state index in [1.54, 1.807) is 0 Å². The van der Waals surface area contributed by atoms with E-state index in [4.69, 9.17) is 0 Å². The van der Waals surface area contributed by atoms with E-state index < -0.39 is 0 Å². The SMILES string of the molecule is CCN1CCCC(C(C)NCC2(CO)CC2)C1. The molecule has 1 saturated heterocycles. The van der Waals surface area contributed by atoms with Crippen molar-refractivity contribution < 1.29 is 5.11 Å². The highest BCUT2D eigenvalue weighted by molar-refractivity contribution is 4.95. The number of aliphatic hydroxyl groups excluding tert-OH is 1. The molecule has 0 aromatic heterocycles. The Morgan fingerprint density at radius 2 is 2.24 bits per heavy atom. The first-order chi connectivity index (χ1) is 8.19. The molecule has 1 heterocycles. The van der Waals surface area contributed by atoms with Crippen molar-refractivity contribution in [2.45, 2.75) is 45.6 Å². The van der Waals surface area contributed by atoms with Crippen molar-refractivity contribution >= 4 is 0 Å². The van der Waals surface area contributed by atoms with Crippen LogP contribution in [-0.2, 0) is 0 Å². The lowest BCUT2D eigenvalue weighted by Gasteiger charge is -2.36. The van der Waals surface area contributed by atoms with E-state index in [1.807, 2.05) is 0 Å². The van der Waals surface area contributed by atoms with Crippen LogP contribution in [0.1, 0.15) is 39.5 Å². The molecule has 17 heavy (non-hydrogen) atoms. The molecular weight excluding hydrogens is 212 g/mol. The van der Waals surface area contributed by atoms with E-state index >= 15 is 0 Å². The Balaban J connectivity index is 1.73. The molecule has 1 aliphatic carbocycles. The van der Waals surface area contributed by atoms with Gasteiger partial charge in [0.2, 0.25) is 0 Å². The van der Waals surface area contributed by atoms with Crippen LogP contribution in [-0.4, -0.2) is 48.8 Å². The minimum Gasteiger partial charge on any atom is -0.396 e. The third-order valence-corrected chi connectivity index (χ3v) is 4.79. The molecule has 3 nitrogen and oxygen atoms in total. The molecule has 0 spiro atoms. The first-order valence-corrected chi connectivity index (χ1v) is 7.26. The number of aliphatic hydroxyl groups is 1. The molecule has 2 fully saturated rings. The fourth-order valence-corrected chi connectivity index (χ4v) is 2.90. The summed E-state index contributed by atoms with van der Waals surface area (Å²) in [6.07, 6.45) is 5.11. The van der Waals surface area contributed by atoms with Crippen LogP contribution >= 0.6 is 0 Å². The molecule has 2 unspecified atom stereocenters. The summed E-state index contributed by atoms with van der Waals surface area (Å²) in [5.41, 5.74) is 0.243. The molecule has 2 atom stereocenters. The van der Waals surface area contributed by atoms with Gasteiger partial charge in [0, 0.05) is 31.2 Å². The molecule has 2 rings (SSSR count). The molecule has 3 heteroatoms. The Morgan fingerprint density at radius 3 is 2.82 bits per heavy atom. The Morgan fingerprint density at radius 1 is 1.47 bits per heavy atom. The Hall–Kier alpha value is -0.120. The predicted molar refractivity (Wildman–Crippen MR) is 71.1 cm³/mol. The van der Waals surface area contributed by atoms with Crippen LogP contribution in [0.3, 0.4) is 0 Å². The van der Waals surface area contributed by atoms with Crippen LogP contribution in [0.4, 0.5) is 0 Å². The lowest BCUT2D eigenvalue weighted by atomic mass is 9.91. The zero-order chi connectivity index (χ0) is 12.3. The van der Waals surface area contributed by atoms with Gasteiger partial charge in [0.05, 0.1) is 0 Å². The Bertz CT molecular complexity index is 240. The first kappa shape index (κ1) is 13.3. The molecule has 100 valence electrons. The Labute approximate surface area is 106 Å². The molecule has 0 bridgehead atoms. The predicted octanol–water partition coefficient (Wildman–Crippen LogP) is 1.47. The van der Waals surface area contributed by atoms with Gasteiger partial charge in [-0.1, -0.05) is 6.92 Å². The van der Waals surface area contributed by atoms with Crippen LogP contribution in [0.2, 0.25) is 0 Å². The zero-order valence-corrected chi connectivity index (χ0v) is 11.4. The van der Waals surface area contributed by atoms with Gasteiger partial charge in [0.15, 0.2) is 0 Å². The van der Waals surface area contributed by atoms with Crippen LogP contribution in [0.5, 0.6) is 0 Å². The van der Waals surface area contributed by atoms with Crippen molar-refractivity contribution in [3.63, 3.8) is 0 Å². The van der Waals surface area contributed by atoms with Crippen LogP contribution in [0.15, 0.2) is 0 Å². The smallest absolute Gasteiger partial charge is 0.0499 e. The van der Waals surface area contributed by atoms with Crippen LogP contribution in [0.25, 0.3) is 0 Å². The van der Waals surface area contributed by atoms with Gasteiger partial charge in [0.25, 0.3) is 0 Å². The summed E-state index contributed by atoms with van der Waals surface area (Å²) in [4.78, 5) is 2.56. The number of rotatable bonds is 6. The number of nitrogens with one attached hydrogen (secondary N) is 1. The second kappa shape index (κ2) is 5.68. The van der Waals surface area contributed by atoms with Gasteiger partial charge in [-0.25, -0.2) is 0 Å². The first-order valence-electron chi connectivity index (χ1n) is 7.26. The fourth-order valence-electron chi connectivity index (χ4n) is 2.90. The van der Waals surface area contributed by atoms with Gasteiger partial charge in [-0.2, -0.15) is 0 Å². The van der Waals surface area contributed by atoms with E-state index in [0.29, 0.717) is 12.6 Å². The zero-order valence-electron chi connectivity index (χ0n) is 11.4. The molecular formula is C14H28N2O. The van der Waals surface area contributed by atoms with Crippen molar-refractivity contribution in [2.24, 2.45) is 11.3 Å². The third-order valence-electron chi connectivity index (χ3n) is 4.79. The van der Waals surface area contributed by atoms with E-state index in [0.717, 1.165) is 12.5 Å². The minimum absolute atomic E-state index is 0.243. The maximum Gasteiger partial charge on any atom is 0.0499 e. The van der Waals surface area contributed by atoms with Crippen LogP contribution in [0, 0.1) is 11.3 Å². The van der Waals surface area contributed by atoms with Crippen molar-refractivity contribution in [1.82, 2.24) is 10.2 Å². The van der Waals surface area contributed by atoms with Gasteiger partial charge in [-0.05, 0) is 51.6 Å². The normalized spacial score (nSPS) is 30.2. The highest BCUT2D eigenvalue weighted by Crippen LogP contribution is 2.44. The highest BCUT2D eigenvalue weighted by atomic mass is 16.3. The van der Waals surface area contributed by atoms with E-state index in [2.05, 4.69) is 24.1 Å². The monoisotopic (exact) mass is 240 g/mol.